The van der Waals surface area contributed by atoms with Gasteiger partial charge in [0.05, 0.1) is 18.7 Å². The number of urea groups is 1. The Morgan fingerprint density at radius 2 is 1.44 bits per heavy atom. The predicted molar refractivity (Wildman–Crippen MR) is 127 cm³/mol. The van der Waals surface area contributed by atoms with Gasteiger partial charge in [0.2, 0.25) is 0 Å². The molecule has 0 bridgehead atoms. The first kappa shape index (κ1) is 22.9. The molecule has 7 nitrogen and oxygen atoms in total. The zero-order valence-corrected chi connectivity index (χ0v) is 19.0. The van der Waals surface area contributed by atoms with Gasteiger partial charge in [0.15, 0.2) is 11.5 Å². The molecule has 1 unspecified atom stereocenters. The molecule has 0 aromatic heterocycles. The molecule has 1 atom stereocenters. The fourth-order valence-corrected chi connectivity index (χ4v) is 3.73. The standard InChI is InChI=1S/C27H26N2O5/c1-18-24(26(30)32-2)25(29-27(31)28-18)21-13-14-22(33-16-19-9-5-3-6-10-19)23(15-21)34-17-20-11-7-4-8-12-20/h3-15,25H,16-17H2,1-2H3,(H2,28,29,31). The Morgan fingerprint density at radius 3 is 2.03 bits per heavy atom. The molecule has 174 valence electrons. The Kier molecular flexibility index (Phi) is 7.13. The summed E-state index contributed by atoms with van der Waals surface area (Å²) < 4.78 is 17.1. The molecule has 1 aliphatic heterocycles. The molecule has 1 heterocycles. The lowest BCUT2D eigenvalue weighted by Gasteiger charge is -2.28. The van der Waals surface area contributed by atoms with E-state index in [0.717, 1.165) is 11.1 Å². The number of rotatable bonds is 8. The molecule has 34 heavy (non-hydrogen) atoms. The molecule has 2 amide bonds. The highest BCUT2D eigenvalue weighted by Crippen LogP contribution is 2.35. The second-order valence-electron chi connectivity index (χ2n) is 7.82. The number of amides is 2. The summed E-state index contributed by atoms with van der Waals surface area (Å²) in [5.41, 5.74) is 3.47. The van der Waals surface area contributed by atoms with Crippen molar-refractivity contribution < 1.29 is 23.8 Å². The number of methoxy groups -OCH3 is 1. The van der Waals surface area contributed by atoms with Crippen LogP contribution in [0.25, 0.3) is 0 Å². The van der Waals surface area contributed by atoms with Gasteiger partial charge >= 0.3 is 12.0 Å². The number of benzene rings is 3. The van der Waals surface area contributed by atoms with Crippen molar-refractivity contribution in [1.29, 1.82) is 0 Å². The zero-order chi connectivity index (χ0) is 23.9. The highest BCUT2D eigenvalue weighted by atomic mass is 16.5. The Morgan fingerprint density at radius 1 is 0.853 bits per heavy atom. The van der Waals surface area contributed by atoms with Crippen LogP contribution in [-0.4, -0.2) is 19.1 Å². The maximum absolute atomic E-state index is 12.5. The van der Waals surface area contributed by atoms with E-state index in [1.165, 1.54) is 7.11 Å². The zero-order valence-electron chi connectivity index (χ0n) is 19.0. The lowest BCUT2D eigenvalue weighted by molar-refractivity contribution is -0.136. The van der Waals surface area contributed by atoms with Crippen LogP contribution in [0.1, 0.15) is 29.7 Å². The lowest BCUT2D eigenvalue weighted by atomic mass is 9.95. The van der Waals surface area contributed by atoms with Gasteiger partial charge in [0.25, 0.3) is 0 Å². The normalized spacial score (nSPS) is 15.2. The Balaban J connectivity index is 1.65. The molecule has 0 aliphatic carbocycles. The van der Waals surface area contributed by atoms with Crippen LogP contribution >= 0.6 is 0 Å². The summed E-state index contributed by atoms with van der Waals surface area (Å²) in [7, 11) is 1.31. The summed E-state index contributed by atoms with van der Waals surface area (Å²) in [4.78, 5) is 24.6. The van der Waals surface area contributed by atoms with Crippen LogP contribution < -0.4 is 20.1 Å². The van der Waals surface area contributed by atoms with Gasteiger partial charge in [-0.1, -0.05) is 66.7 Å². The molecule has 0 saturated carbocycles. The number of esters is 1. The van der Waals surface area contributed by atoms with Crippen LogP contribution in [0.15, 0.2) is 90.1 Å². The number of nitrogens with one attached hydrogen (secondary N) is 2. The van der Waals surface area contributed by atoms with Gasteiger partial charge in [0.1, 0.15) is 13.2 Å². The van der Waals surface area contributed by atoms with Crippen LogP contribution in [0.4, 0.5) is 4.79 Å². The summed E-state index contributed by atoms with van der Waals surface area (Å²) in [6.07, 6.45) is 0. The predicted octanol–water partition coefficient (Wildman–Crippen LogP) is 4.65. The number of hydrogen-bond acceptors (Lipinski definition) is 5. The minimum absolute atomic E-state index is 0.328. The van der Waals surface area contributed by atoms with Gasteiger partial charge in [-0.25, -0.2) is 9.59 Å². The van der Waals surface area contributed by atoms with E-state index in [4.69, 9.17) is 14.2 Å². The van der Waals surface area contributed by atoms with E-state index in [1.807, 2.05) is 66.7 Å². The van der Waals surface area contributed by atoms with Crippen LogP contribution in [0.3, 0.4) is 0 Å². The summed E-state index contributed by atoms with van der Waals surface area (Å²) >= 11 is 0. The van der Waals surface area contributed by atoms with Gasteiger partial charge in [-0.05, 0) is 35.7 Å². The molecule has 1 aliphatic rings. The molecule has 4 rings (SSSR count). The summed E-state index contributed by atoms with van der Waals surface area (Å²) in [6, 6.07) is 23.9. The Bertz CT molecular complexity index is 1190. The van der Waals surface area contributed by atoms with Crippen molar-refractivity contribution in [1.82, 2.24) is 10.6 Å². The first-order chi connectivity index (χ1) is 16.5. The Labute approximate surface area is 198 Å². The van der Waals surface area contributed by atoms with Crippen molar-refractivity contribution in [3.05, 3.63) is 107 Å². The topological polar surface area (TPSA) is 85.9 Å². The molecule has 0 saturated heterocycles. The quantitative estimate of drug-likeness (QED) is 0.480. The van der Waals surface area contributed by atoms with Crippen LogP contribution in [0.2, 0.25) is 0 Å². The van der Waals surface area contributed by atoms with Crippen molar-refractivity contribution in [2.75, 3.05) is 7.11 Å². The molecule has 3 aromatic carbocycles. The fraction of sp³-hybridized carbons (Fsp3) is 0.185. The molecule has 0 fully saturated rings. The SMILES string of the molecule is COC(=O)C1=C(C)NC(=O)NC1c1ccc(OCc2ccccc2)c(OCc2ccccc2)c1. The summed E-state index contributed by atoms with van der Waals surface area (Å²) in [6.45, 7) is 2.38. The minimum atomic E-state index is -0.691. The van der Waals surface area contributed by atoms with E-state index in [2.05, 4.69) is 10.6 Å². The number of carbonyl (C=O) groups is 2. The number of hydrogen-bond donors (Lipinski definition) is 2. The molecule has 7 heteroatoms. The van der Waals surface area contributed by atoms with E-state index in [9.17, 15) is 9.59 Å². The maximum Gasteiger partial charge on any atom is 0.337 e. The van der Waals surface area contributed by atoms with Crippen molar-refractivity contribution in [2.45, 2.75) is 26.2 Å². The smallest absolute Gasteiger partial charge is 0.337 e. The monoisotopic (exact) mass is 458 g/mol. The molecule has 3 aromatic rings. The van der Waals surface area contributed by atoms with E-state index in [-0.39, 0.29) is 0 Å². The lowest BCUT2D eigenvalue weighted by Crippen LogP contribution is -2.45. The molecule has 0 spiro atoms. The third kappa shape index (κ3) is 5.38. The van der Waals surface area contributed by atoms with E-state index in [0.29, 0.717) is 41.5 Å². The van der Waals surface area contributed by atoms with Crippen LogP contribution in [0, 0.1) is 0 Å². The third-order valence-corrected chi connectivity index (χ3v) is 5.45. The molecular formula is C27H26N2O5. The van der Waals surface area contributed by atoms with Gasteiger partial charge < -0.3 is 24.8 Å². The largest absolute Gasteiger partial charge is 0.485 e. The fourth-order valence-electron chi connectivity index (χ4n) is 3.73. The maximum atomic E-state index is 12.5. The minimum Gasteiger partial charge on any atom is -0.485 e. The number of carbonyl (C=O) groups excluding carboxylic acids is 2. The number of allylic oxidation sites excluding steroid dienone is 1. The van der Waals surface area contributed by atoms with Crippen molar-refractivity contribution in [3.63, 3.8) is 0 Å². The van der Waals surface area contributed by atoms with Crippen molar-refractivity contribution in [3.8, 4) is 11.5 Å². The second-order valence-corrected chi connectivity index (χ2v) is 7.82. The van der Waals surface area contributed by atoms with E-state index < -0.39 is 18.0 Å². The number of ether oxygens (including phenoxy) is 3. The highest BCUT2D eigenvalue weighted by Gasteiger charge is 2.32. The average Bonchev–Trinajstić information content (AvgIpc) is 2.87. The van der Waals surface area contributed by atoms with Crippen molar-refractivity contribution >= 4 is 12.0 Å². The summed E-state index contributed by atoms with van der Waals surface area (Å²) in [5, 5.41) is 5.43. The van der Waals surface area contributed by atoms with E-state index in [1.54, 1.807) is 19.1 Å². The third-order valence-electron chi connectivity index (χ3n) is 5.45. The highest BCUT2D eigenvalue weighted by molar-refractivity contribution is 5.95. The van der Waals surface area contributed by atoms with E-state index >= 15 is 0 Å². The molecule has 2 N–H and O–H groups in total. The second kappa shape index (κ2) is 10.6. The van der Waals surface area contributed by atoms with Gasteiger partial charge in [0, 0.05) is 5.70 Å². The van der Waals surface area contributed by atoms with Crippen molar-refractivity contribution in [2.24, 2.45) is 0 Å². The van der Waals surface area contributed by atoms with Gasteiger partial charge in [-0.15, -0.1) is 0 Å². The van der Waals surface area contributed by atoms with Crippen LogP contribution in [0.5, 0.6) is 11.5 Å². The summed E-state index contributed by atoms with van der Waals surface area (Å²) in [5.74, 6) is 0.544. The first-order valence-electron chi connectivity index (χ1n) is 10.9. The molecular weight excluding hydrogens is 432 g/mol. The van der Waals surface area contributed by atoms with Gasteiger partial charge in [-0.2, -0.15) is 0 Å². The molecule has 0 radical (unpaired) electrons. The van der Waals surface area contributed by atoms with Crippen LogP contribution in [-0.2, 0) is 22.7 Å². The first-order valence-corrected chi connectivity index (χ1v) is 10.9. The average molecular weight is 459 g/mol. The Hall–Kier alpha value is -4.26. The van der Waals surface area contributed by atoms with Gasteiger partial charge in [-0.3, -0.25) is 0 Å².